The summed E-state index contributed by atoms with van der Waals surface area (Å²) in [4.78, 5) is 5.89. The van der Waals surface area contributed by atoms with Crippen LogP contribution in [0.1, 0.15) is 5.56 Å². The number of rotatable bonds is 2. The number of methoxy groups -OCH3 is 1. The van der Waals surface area contributed by atoms with Crippen LogP contribution in [0.5, 0.6) is 5.75 Å². The van der Waals surface area contributed by atoms with Gasteiger partial charge in [-0.2, -0.15) is 5.26 Å². The van der Waals surface area contributed by atoms with Crippen molar-refractivity contribution in [1.29, 1.82) is 5.26 Å². The number of hydrogen-bond acceptors (Lipinski definition) is 4. The second kappa shape index (κ2) is 6.08. The van der Waals surface area contributed by atoms with Crippen LogP contribution >= 0.6 is 11.3 Å². The van der Waals surface area contributed by atoms with Gasteiger partial charge in [0.05, 0.1) is 24.3 Å². The molecule has 4 heteroatoms. The van der Waals surface area contributed by atoms with E-state index in [1.807, 2.05) is 48.5 Å². The summed E-state index contributed by atoms with van der Waals surface area (Å²) >= 11 is 1.66. The molecule has 0 bridgehead atoms. The summed E-state index contributed by atoms with van der Waals surface area (Å²) < 4.78 is 6.53. The van der Waals surface area contributed by atoms with E-state index in [-0.39, 0.29) is 0 Å². The maximum absolute atomic E-state index is 9.35. The number of thiophene rings is 1. The fourth-order valence-corrected chi connectivity index (χ4v) is 4.64. The highest BCUT2D eigenvalue weighted by atomic mass is 32.1. The van der Waals surface area contributed by atoms with Gasteiger partial charge in [0.15, 0.2) is 0 Å². The van der Waals surface area contributed by atoms with E-state index in [1.54, 1.807) is 18.4 Å². The molecule has 0 aliphatic heterocycles. The minimum absolute atomic E-state index is 0.663. The molecule has 2 aromatic heterocycles. The SMILES string of the molecule is COc1ccc2c(-c3ccccc3)c3c(nc2c1)sc1ccc(C#N)cc13. The van der Waals surface area contributed by atoms with Gasteiger partial charge in [-0.1, -0.05) is 30.3 Å². The number of fused-ring (bicyclic) bond motifs is 4. The normalized spacial score (nSPS) is 11.1. The number of hydrogen-bond donors (Lipinski definition) is 0. The van der Waals surface area contributed by atoms with Crippen LogP contribution in [0.25, 0.3) is 42.3 Å². The second-order valence-corrected chi connectivity index (χ2v) is 7.37. The van der Waals surface area contributed by atoms with Gasteiger partial charge in [-0.05, 0) is 35.9 Å². The van der Waals surface area contributed by atoms with Crippen molar-refractivity contribution < 1.29 is 4.74 Å². The molecular weight excluding hydrogens is 352 g/mol. The van der Waals surface area contributed by atoms with Crippen LogP contribution in [0.3, 0.4) is 0 Å². The van der Waals surface area contributed by atoms with E-state index in [0.29, 0.717) is 5.56 Å². The lowest BCUT2D eigenvalue weighted by molar-refractivity contribution is 0.415. The zero-order valence-corrected chi connectivity index (χ0v) is 15.4. The van der Waals surface area contributed by atoms with Crippen molar-refractivity contribution in [3.05, 3.63) is 72.3 Å². The molecule has 5 aromatic rings. The Balaban J connectivity index is 2.02. The smallest absolute Gasteiger partial charge is 0.125 e. The predicted octanol–water partition coefficient (Wildman–Crippen LogP) is 6.15. The highest BCUT2D eigenvalue weighted by Crippen LogP contribution is 2.43. The lowest BCUT2D eigenvalue weighted by atomic mass is 9.96. The Morgan fingerprint density at radius 2 is 1.81 bits per heavy atom. The predicted molar refractivity (Wildman–Crippen MR) is 111 cm³/mol. The molecule has 3 nitrogen and oxygen atoms in total. The van der Waals surface area contributed by atoms with Gasteiger partial charge < -0.3 is 4.74 Å². The van der Waals surface area contributed by atoms with E-state index >= 15 is 0 Å². The summed E-state index contributed by atoms with van der Waals surface area (Å²) in [6.45, 7) is 0. The molecule has 0 atom stereocenters. The molecule has 0 saturated heterocycles. The molecule has 128 valence electrons. The average molecular weight is 366 g/mol. The van der Waals surface area contributed by atoms with Crippen LogP contribution in [0, 0.1) is 11.3 Å². The molecule has 0 N–H and O–H groups in total. The fraction of sp³-hybridized carbons (Fsp3) is 0.0435. The maximum Gasteiger partial charge on any atom is 0.125 e. The maximum atomic E-state index is 9.35. The van der Waals surface area contributed by atoms with Gasteiger partial charge in [-0.25, -0.2) is 4.98 Å². The first-order valence-electron chi connectivity index (χ1n) is 8.58. The van der Waals surface area contributed by atoms with E-state index in [2.05, 4.69) is 24.3 Å². The van der Waals surface area contributed by atoms with Crippen molar-refractivity contribution in [3.8, 4) is 22.9 Å². The molecule has 0 fully saturated rings. The van der Waals surface area contributed by atoms with Crippen molar-refractivity contribution >= 4 is 42.5 Å². The van der Waals surface area contributed by atoms with Crippen LogP contribution in [-0.2, 0) is 0 Å². The molecule has 2 heterocycles. The second-order valence-electron chi connectivity index (χ2n) is 6.34. The Bertz CT molecular complexity index is 1360. The van der Waals surface area contributed by atoms with Crippen molar-refractivity contribution in [1.82, 2.24) is 4.98 Å². The number of aromatic nitrogens is 1. The minimum Gasteiger partial charge on any atom is -0.497 e. The topological polar surface area (TPSA) is 45.9 Å². The van der Waals surface area contributed by atoms with Crippen molar-refractivity contribution in [2.75, 3.05) is 7.11 Å². The largest absolute Gasteiger partial charge is 0.497 e. The van der Waals surface area contributed by atoms with E-state index in [0.717, 1.165) is 48.1 Å². The van der Waals surface area contributed by atoms with E-state index in [9.17, 15) is 5.26 Å². The number of nitrogens with zero attached hydrogens (tertiary/aromatic N) is 2. The van der Waals surface area contributed by atoms with Gasteiger partial charge in [0.1, 0.15) is 10.6 Å². The quantitative estimate of drug-likeness (QED) is 0.376. The first kappa shape index (κ1) is 15.8. The van der Waals surface area contributed by atoms with Crippen molar-refractivity contribution in [2.24, 2.45) is 0 Å². The molecule has 27 heavy (non-hydrogen) atoms. The summed E-state index contributed by atoms with van der Waals surface area (Å²) in [5, 5.41) is 12.6. The lowest BCUT2D eigenvalue weighted by Crippen LogP contribution is -1.89. The van der Waals surface area contributed by atoms with Crippen LogP contribution in [0.4, 0.5) is 0 Å². The first-order chi connectivity index (χ1) is 13.3. The van der Waals surface area contributed by atoms with E-state index in [1.165, 1.54) is 0 Å². The monoisotopic (exact) mass is 366 g/mol. The van der Waals surface area contributed by atoms with Crippen LogP contribution < -0.4 is 4.74 Å². The third kappa shape index (κ3) is 2.44. The summed E-state index contributed by atoms with van der Waals surface area (Å²) in [7, 11) is 1.67. The zero-order chi connectivity index (χ0) is 18.4. The third-order valence-electron chi connectivity index (χ3n) is 4.81. The summed E-state index contributed by atoms with van der Waals surface area (Å²) in [6.07, 6.45) is 0. The highest BCUT2D eigenvalue weighted by Gasteiger charge is 2.17. The van der Waals surface area contributed by atoms with Gasteiger partial charge in [0.2, 0.25) is 0 Å². The summed E-state index contributed by atoms with van der Waals surface area (Å²) in [5.41, 5.74) is 3.87. The van der Waals surface area contributed by atoms with Gasteiger partial charge in [0, 0.05) is 32.5 Å². The standard InChI is InChI=1S/C23H14N2OS/c1-26-16-8-9-17-19(12-16)25-23-22(21(17)15-5-3-2-4-6-15)18-11-14(13-24)7-10-20(18)27-23/h2-12H,1H3. The third-order valence-corrected chi connectivity index (χ3v) is 5.87. The number of ether oxygens (including phenoxy) is 1. The van der Waals surface area contributed by atoms with Gasteiger partial charge in [-0.3, -0.25) is 0 Å². The number of nitriles is 1. The zero-order valence-electron chi connectivity index (χ0n) is 14.6. The molecule has 0 aliphatic rings. The van der Waals surface area contributed by atoms with Gasteiger partial charge >= 0.3 is 0 Å². The Hall–Kier alpha value is -3.42. The Labute approximate surface area is 160 Å². The van der Waals surface area contributed by atoms with Crippen LogP contribution in [0.15, 0.2) is 66.7 Å². The number of pyridine rings is 1. The Kier molecular flexibility index (Phi) is 3.56. The summed E-state index contributed by atoms with van der Waals surface area (Å²) in [6, 6.07) is 24.5. The Morgan fingerprint density at radius 3 is 2.59 bits per heavy atom. The molecule has 0 amide bonds. The van der Waals surface area contributed by atoms with E-state index in [4.69, 9.17) is 9.72 Å². The Morgan fingerprint density at radius 1 is 0.963 bits per heavy atom. The first-order valence-corrected chi connectivity index (χ1v) is 9.39. The summed E-state index contributed by atoms with van der Waals surface area (Å²) in [5.74, 6) is 0.793. The lowest BCUT2D eigenvalue weighted by Gasteiger charge is -2.10. The van der Waals surface area contributed by atoms with Crippen LogP contribution in [0.2, 0.25) is 0 Å². The molecule has 5 rings (SSSR count). The molecule has 0 saturated carbocycles. The molecule has 0 spiro atoms. The molecule has 3 aromatic carbocycles. The molecule has 0 aliphatic carbocycles. The van der Waals surface area contributed by atoms with Crippen molar-refractivity contribution in [3.63, 3.8) is 0 Å². The fourth-order valence-electron chi connectivity index (χ4n) is 3.57. The van der Waals surface area contributed by atoms with Crippen LogP contribution in [-0.4, -0.2) is 12.1 Å². The molecule has 0 unspecified atom stereocenters. The van der Waals surface area contributed by atoms with Gasteiger partial charge in [0.25, 0.3) is 0 Å². The van der Waals surface area contributed by atoms with Gasteiger partial charge in [-0.15, -0.1) is 11.3 Å². The highest BCUT2D eigenvalue weighted by molar-refractivity contribution is 7.25. The molecular formula is C23H14N2OS. The van der Waals surface area contributed by atoms with E-state index < -0.39 is 0 Å². The minimum atomic E-state index is 0.663. The van der Waals surface area contributed by atoms with Crippen molar-refractivity contribution in [2.45, 2.75) is 0 Å². The number of benzene rings is 3. The molecule has 0 radical (unpaired) electrons. The average Bonchev–Trinajstić information content (AvgIpc) is 3.09.